The number of halogens is 1. The predicted octanol–water partition coefficient (Wildman–Crippen LogP) is 7.88. The zero-order chi connectivity index (χ0) is 19.9. The van der Waals surface area contributed by atoms with Gasteiger partial charge in [0.05, 0.1) is 6.61 Å². The molecule has 0 radical (unpaired) electrons. The van der Waals surface area contributed by atoms with Crippen molar-refractivity contribution in [2.45, 2.75) is 97.8 Å². The van der Waals surface area contributed by atoms with Gasteiger partial charge in [0.25, 0.3) is 0 Å². The van der Waals surface area contributed by atoms with Gasteiger partial charge >= 0.3 is 0 Å². The molecule has 2 fully saturated rings. The van der Waals surface area contributed by atoms with Crippen LogP contribution in [0, 0.1) is 36.4 Å². The van der Waals surface area contributed by atoms with Gasteiger partial charge in [-0.15, -0.1) is 0 Å². The van der Waals surface area contributed by atoms with E-state index in [1.54, 1.807) is 6.07 Å². The molecule has 0 aromatic heterocycles. The van der Waals surface area contributed by atoms with Gasteiger partial charge in [0, 0.05) is 0 Å². The van der Waals surface area contributed by atoms with Gasteiger partial charge in [-0.3, -0.25) is 0 Å². The summed E-state index contributed by atoms with van der Waals surface area (Å²) in [4.78, 5) is 0. The van der Waals surface area contributed by atoms with Crippen LogP contribution in [-0.4, -0.2) is 6.61 Å². The lowest BCUT2D eigenvalue weighted by atomic mass is 9.68. The van der Waals surface area contributed by atoms with Crippen molar-refractivity contribution in [1.82, 2.24) is 0 Å². The normalized spacial score (nSPS) is 28.3. The second kappa shape index (κ2) is 10.6. The van der Waals surface area contributed by atoms with Crippen LogP contribution in [0.5, 0.6) is 5.75 Å². The van der Waals surface area contributed by atoms with E-state index in [9.17, 15) is 4.39 Å². The lowest BCUT2D eigenvalue weighted by Gasteiger charge is -2.38. The van der Waals surface area contributed by atoms with Crippen LogP contribution in [0.2, 0.25) is 0 Å². The summed E-state index contributed by atoms with van der Waals surface area (Å²) in [6.45, 7) is 6.83. The first-order valence-electron chi connectivity index (χ1n) is 12.0. The Labute approximate surface area is 172 Å². The summed E-state index contributed by atoms with van der Waals surface area (Å²) in [7, 11) is 0. The number of benzene rings is 1. The lowest BCUT2D eigenvalue weighted by molar-refractivity contribution is 0.141. The highest BCUT2D eigenvalue weighted by molar-refractivity contribution is 5.36. The maximum absolute atomic E-state index is 14.2. The third-order valence-electron chi connectivity index (χ3n) is 7.66. The minimum absolute atomic E-state index is 0.204. The zero-order valence-electron chi connectivity index (χ0n) is 18.4. The van der Waals surface area contributed by atoms with Crippen LogP contribution >= 0.6 is 0 Å². The van der Waals surface area contributed by atoms with E-state index in [4.69, 9.17) is 4.74 Å². The van der Waals surface area contributed by atoms with Crippen molar-refractivity contribution < 1.29 is 9.13 Å². The molecule has 0 unspecified atom stereocenters. The minimum atomic E-state index is -0.204. The second-order valence-corrected chi connectivity index (χ2v) is 9.53. The first kappa shape index (κ1) is 21.7. The van der Waals surface area contributed by atoms with Crippen LogP contribution < -0.4 is 4.74 Å². The molecule has 1 aromatic rings. The molecule has 0 amide bonds. The number of ether oxygens (including phenoxy) is 1. The largest absolute Gasteiger partial charge is 0.491 e. The van der Waals surface area contributed by atoms with Crippen molar-refractivity contribution in [2.24, 2.45) is 23.7 Å². The topological polar surface area (TPSA) is 9.23 Å². The molecule has 158 valence electrons. The Morgan fingerprint density at radius 1 is 0.857 bits per heavy atom. The highest BCUT2D eigenvalue weighted by Gasteiger charge is 2.30. The Bertz CT molecular complexity index is 595. The number of hydrogen-bond donors (Lipinski definition) is 0. The maximum atomic E-state index is 14.2. The zero-order valence-corrected chi connectivity index (χ0v) is 18.4. The van der Waals surface area contributed by atoms with Crippen LogP contribution in [0.4, 0.5) is 4.39 Å². The third kappa shape index (κ3) is 5.74. The molecule has 0 saturated heterocycles. The fourth-order valence-electron chi connectivity index (χ4n) is 5.90. The molecule has 0 spiro atoms. The van der Waals surface area contributed by atoms with Gasteiger partial charge in [-0.25, -0.2) is 4.39 Å². The second-order valence-electron chi connectivity index (χ2n) is 9.53. The molecule has 2 aliphatic carbocycles. The van der Waals surface area contributed by atoms with Gasteiger partial charge in [0.1, 0.15) is 0 Å². The number of rotatable bonds is 8. The van der Waals surface area contributed by atoms with E-state index in [0.717, 1.165) is 35.7 Å². The first-order valence-corrected chi connectivity index (χ1v) is 12.0. The Kier molecular flexibility index (Phi) is 8.23. The van der Waals surface area contributed by atoms with Crippen molar-refractivity contribution >= 4 is 0 Å². The van der Waals surface area contributed by atoms with Crippen LogP contribution in [0.1, 0.15) is 95.6 Å². The van der Waals surface area contributed by atoms with Crippen LogP contribution in [0.15, 0.2) is 12.1 Å². The van der Waals surface area contributed by atoms with Gasteiger partial charge in [-0.1, -0.05) is 45.4 Å². The third-order valence-corrected chi connectivity index (χ3v) is 7.66. The van der Waals surface area contributed by atoms with Crippen molar-refractivity contribution in [3.8, 4) is 5.75 Å². The summed E-state index contributed by atoms with van der Waals surface area (Å²) in [6.07, 6.45) is 16.6. The van der Waals surface area contributed by atoms with E-state index in [0.29, 0.717) is 12.4 Å². The molecule has 2 heteroatoms. The number of aryl methyl sites for hydroxylation is 2. The van der Waals surface area contributed by atoms with Gasteiger partial charge in [0.2, 0.25) is 0 Å². The summed E-state index contributed by atoms with van der Waals surface area (Å²) < 4.78 is 19.6. The van der Waals surface area contributed by atoms with Gasteiger partial charge in [-0.2, -0.15) is 0 Å². The minimum Gasteiger partial charge on any atom is -0.491 e. The molecule has 0 aliphatic heterocycles. The average molecular weight is 389 g/mol. The molecule has 1 aromatic carbocycles. The quantitative estimate of drug-likeness (QED) is 0.440. The van der Waals surface area contributed by atoms with Crippen molar-refractivity contribution in [3.05, 3.63) is 29.1 Å². The van der Waals surface area contributed by atoms with Crippen molar-refractivity contribution in [1.29, 1.82) is 0 Å². The molecule has 0 heterocycles. The van der Waals surface area contributed by atoms with E-state index in [-0.39, 0.29) is 5.82 Å². The molecular weight excluding hydrogens is 347 g/mol. The van der Waals surface area contributed by atoms with Gasteiger partial charge < -0.3 is 4.74 Å². The standard InChI is InChI=1S/C26H41FO/c1-4-6-20-7-12-22(13-8-20)23-14-9-21(10-15-23)11-16-24-18-25(27)26(28-5-2)17-19(24)3/h17-18,20-23H,4-16H2,1-3H3. The molecular formula is C26H41FO. The van der Waals surface area contributed by atoms with Crippen LogP contribution in [-0.2, 0) is 6.42 Å². The van der Waals surface area contributed by atoms with Crippen molar-refractivity contribution in [2.75, 3.05) is 6.61 Å². The predicted molar refractivity (Wildman–Crippen MR) is 116 cm³/mol. The Balaban J connectivity index is 1.42. The summed E-state index contributed by atoms with van der Waals surface area (Å²) in [5, 5.41) is 0. The van der Waals surface area contributed by atoms with E-state index >= 15 is 0 Å². The van der Waals surface area contributed by atoms with E-state index < -0.39 is 0 Å². The fourth-order valence-corrected chi connectivity index (χ4v) is 5.90. The Morgan fingerprint density at radius 2 is 1.43 bits per heavy atom. The molecule has 1 nitrogen and oxygen atoms in total. The summed E-state index contributed by atoms with van der Waals surface area (Å²) in [5.74, 6) is 4.06. The molecule has 28 heavy (non-hydrogen) atoms. The van der Waals surface area contributed by atoms with E-state index in [2.05, 4.69) is 13.8 Å². The first-order chi connectivity index (χ1) is 13.6. The monoisotopic (exact) mass is 388 g/mol. The van der Waals surface area contributed by atoms with Crippen LogP contribution in [0.25, 0.3) is 0 Å². The van der Waals surface area contributed by atoms with Gasteiger partial charge in [0.15, 0.2) is 11.6 Å². The Morgan fingerprint density at radius 3 is 1.96 bits per heavy atom. The Hall–Kier alpha value is -1.05. The fraction of sp³-hybridized carbons (Fsp3) is 0.769. The van der Waals surface area contributed by atoms with Crippen LogP contribution in [0.3, 0.4) is 0 Å². The number of hydrogen-bond acceptors (Lipinski definition) is 1. The lowest BCUT2D eigenvalue weighted by Crippen LogP contribution is -2.26. The van der Waals surface area contributed by atoms with E-state index in [1.165, 1.54) is 76.2 Å². The smallest absolute Gasteiger partial charge is 0.165 e. The maximum Gasteiger partial charge on any atom is 0.165 e. The average Bonchev–Trinajstić information content (AvgIpc) is 2.71. The van der Waals surface area contributed by atoms with E-state index in [1.807, 2.05) is 13.0 Å². The SMILES string of the molecule is CCCC1CCC(C2CCC(CCc3cc(F)c(OCC)cc3C)CC2)CC1. The molecule has 0 atom stereocenters. The summed E-state index contributed by atoms with van der Waals surface area (Å²) >= 11 is 0. The summed E-state index contributed by atoms with van der Waals surface area (Å²) in [6, 6.07) is 3.58. The van der Waals surface area contributed by atoms with Crippen molar-refractivity contribution in [3.63, 3.8) is 0 Å². The van der Waals surface area contributed by atoms with Gasteiger partial charge in [-0.05, 0) is 99.3 Å². The summed E-state index contributed by atoms with van der Waals surface area (Å²) in [5.41, 5.74) is 2.33. The molecule has 0 bridgehead atoms. The molecule has 0 N–H and O–H groups in total. The highest BCUT2D eigenvalue weighted by atomic mass is 19.1. The molecule has 2 saturated carbocycles. The molecule has 3 rings (SSSR count). The molecule has 2 aliphatic rings. The highest BCUT2D eigenvalue weighted by Crippen LogP contribution is 2.43.